The third kappa shape index (κ3) is 2.46. The molecule has 0 heterocycles. The van der Waals surface area contributed by atoms with Crippen molar-refractivity contribution >= 4 is 0 Å². The highest BCUT2D eigenvalue weighted by Crippen LogP contribution is 2.43. The summed E-state index contributed by atoms with van der Waals surface area (Å²) in [7, 11) is 0. The van der Waals surface area contributed by atoms with Crippen molar-refractivity contribution in [1.82, 2.24) is 0 Å². The van der Waals surface area contributed by atoms with E-state index in [9.17, 15) is 0 Å². The minimum absolute atomic E-state index is 0.163. The summed E-state index contributed by atoms with van der Waals surface area (Å²) in [5.74, 6) is 0.896. The molecule has 0 bridgehead atoms. The zero-order chi connectivity index (χ0) is 9.19. The van der Waals surface area contributed by atoms with Crippen LogP contribution in [-0.4, -0.2) is 17.8 Å². The maximum Gasteiger partial charge on any atom is 0.0436 e. The van der Waals surface area contributed by atoms with Crippen LogP contribution in [-0.2, 0) is 0 Å². The number of rotatable bonds is 5. The van der Waals surface area contributed by atoms with Crippen molar-refractivity contribution in [3.8, 4) is 0 Å². The van der Waals surface area contributed by atoms with Gasteiger partial charge in [-0.25, -0.2) is 0 Å². The molecule has 1 saturated carbocycles. The largest absolute Gasteiger partial charge is 0.396 e. The van der Waals surface area contributed by atoms with Crippen molar-refractivity contribution in [2.24, 2.45) is 17.1 Å². The van der Waals surface area contributed by atoms with Crippen molar-refractivity contribution in [3.05, 3.63) is 0 Å². The fourth-order valence-corrected chi connectivity index (χ4v) is 1.75. The lowest BCUT2D eigenvalue weighted by Crippen LogP contribution is -2.38. The molecule has 2 atom stereocenters. The second-order valence-corrected chi connectivity index (χ2v) is 4.56. The summed E-state index contributed by atoms with van der Waals surface area (Å²) in [5, 5.41) is 8.93. The highest BCUT2D eigenvalue weighted by atomic mass is 16.3. The number of hydrogen-bond donors (Lipinski definition) is 2. The van der Waals surface area contributed by atoms with Gasteiger partial charge >= 0.3 is 0 Å². The Morgan fingerprint density at radius 3 is 2.50 bits per heavy atom. The summed E-state index contributed by atoms with van der Waals surface area (Å²) < 4.78 is 0. The van der Waals surface area contributed by atoms with Crippen LogP contribution < -0.4 is 5.73 Å². The zero-order valence-corrected chi connectivity index (χ0v) is 8.21. The molecule has 0 aromatic rings. The maximum absolute atomic E-state index is 8.93. The summed E-state index contributed by atoms with van der Waals surface area (Å²) in [4.78, 5) is 0. The minimum Gasteiger partial charge on any atom is -0.396 e. The van der Waals surface area contributed by atoms with E-state index in [1.54, 1.807) is 0 Å². The van der Waals surface area contributed by atoms with Crippen molar-refractivity contribution < 1.29 is 5.11 Å². The molecule has 0 aromatic heterocycles. The maximum atomic E-state index is 8.93. The fourth-order valence-electron chi connectivity index (χ4n) is 1.75. The van der Waals surface area contributed by atoms with Gasteiger partial charge in [0.1, 0.15) is 0 Å². The van der Waals surface area contributed by atoms with E-state index in [0.717, 1.165) is 12.3 Å². The fraction of sp³-hybridized carbons (Fsp3) is 1.00. The molecule has 1 aliphatic carbocycles. The molecule has 0 amide bonds. The molecular formula is C10H21NO. The van der Waals surface area contributed by atoms with Gasteiger partial charge in [0.05, 0.1) is 0 Å². The number of aliphatic hydroxyl groups is 1. The highest BCUT2D eigenvalue weighted by molar-refractivity contribution is 4.88. The monoisotopic (exact) mass is 171 g/mol. The molecule has 1 fully saturated rings. The van der Waals surface area contributed by atoms with E-state index in [-0.39, 0.29) is 18.1 Å². The van der Waals surface area contributed by atoms with Gasteiger partial charge in [0.25, 0.3) is 0 Å². The van der Waals surface area contributed by atoms with Gasteiger partial charge in [-0.05, 0) is 31.1 Å². The van der Waals surface area contributed by atoms with Crippen molar-refractivity contribution in [2.75, 3.05) is 6.61 Å². The predicted octanol–water partition coefficient (Wildman–Crippen LogP) is 1.52. The van der Waals surface area contributed by atoms with Gasteiger partial charge in [-0.15, -0.1) is 0 Å². The van der Waals surface area contributed by atoms with Crippen LogP contribution in [0.3, 0.4) is 0 Å². The van der Waals surface area contributed by atoms with Crippen LogP contribution in [0.1, 0.15) is 39.5 Å². The van der Waals surface area contributed by atoms with E-state index in [1.165, 1.54) is 19.3 Å². The summed E-state index contributed by atoms with van der Waals surface area (Å²) in [5.41, 5.74) is 6.08. The van der Waals surface area contributed by atoms with Crippen LogP contribution in [0.15, 0.2) is 0 Å². The van der Waals surface area contributed by atoms with E-state index in [4.69, 9.17) is 10.8 Å². The van der Waals surface area contributed by atoms with Crippen molar-refractivity contribution in [2.45, 2.75) is 45.6 Å². The first-order valence-electron chi connectivity index (χ1n) is 4.95. The first-order valence-corrected chi connectivity index (χ1v) is 4.95. The highest BCUT2D eigenvalue weighted by Gasteiger charge is 2.35. The molecule has 1 rings (SSSR count). The molecule has 0 radical (unpaired) electrons. The van der Waals surface area contributed by atoms with Crippen LogP contribution in [0.4, 0.5) is 0 Å². The number of aliphatic hydroxyl groups excluding tert-OH is 1. The Labute approximate surface area is 75.2 Å². The zero-order valence-electron chi connectivity index (χ0n) is 8.21. The Balaban J connectivity index is 2.43. The molecule has 2 nitrogen and oxygen atoms in total. The van der Waals surface area contributed by atoms with Crippen molar-refractivity contribution in [1.29, 1.82) is 0 Å². The summed E-state index contributed by atoms with van der Waals surface area (Å²) in [6.45, 7) is 4.52. The van der Waals surface area contributed by atoms with Gasteiger partial charge in [-0.2, -0.15) is 0 Å². The Morgan fingerprint density at radius 1 is 1.58 bits per heavy atom. The van der Waals surface area contributed by atoms with E-state index < -0.39 is 0 Å². The van der Waals surface area contributed by atoms with Gasteiger partial charge in [0.15, 0.2) is 0 Å². The molecule has 0 saturated heterocycles. The molecule has 2 unspecified atom stereocenters. The second kappa shape index (κ2) is 3.75. The average molecular weight is 171 g/mol. The quantitative estimate of drug-likeness (QED) is 0.659. The molecular weight excluding hydrogens is 150 g/mol. The molecule has 0 spiro atoms. The topological polar surface area (TPSA) is 46.2 Å². The first-order chi connectivity index (χ1) is 5.58. The van der Waals surface area contributed by atoms with E-state index in [2.05, 4.69) is 13.8 Å². The van der Waals surface area contributed by atoms with Crippen molar-refractivity contribution in [3.63, 3.8) is 0 Å². The normalized spacial score (nSPS) is 25.0. The Kier molecular flexibility index (Phi) is 3.13. The Morgan fingerprint density at radius 2 is 2.17 bits per heavy atom. The summed E-state index contributed by atoms with van der Waals surface area (Å²) in [6, 6.07) is 0.199. The van der Waals surface area contributed by atoms with Crippen LogP contribution in [0, 0.1) is 11.3 Å². The van der Waals surface area contributed by atoms with Gasteiger partial charge in [-0.1, -0.05) is 19.8 Å². The Hall–Kier alpha value is -0.0800. The molecule has 2 heteroatoms. The van der Waals surface area contributed by atoms with Gasteiger partial charge in [0.2, 0.25) is 0 Å². The van der Waals surface area contributed by atoms with Crippen LogP contribution in [0.25, 0.3) is 0 Å². The summed E-state index contributed by atoms with van der Waals surface area (Å²) in [6.07, 6.45) is 4.79. The Bertz CT molecular complexity index is 143. The molecule has 0 aliphatic heterocycles. The average Bonchev–Trinajstić information content (AvgIpc) is 2.71. The molecule has 1 aliphatic rings. The molecule has 12 heavy (non-hydrogen) atoms. The van der Waals surface area contributed by atoms with E-state index in [1.807, 2.05) is 0 Å². The molecule has 3 N–H and O–H groups in total. The first kappa shape index (κ1) is 10.0. The SMILES string of the molecule is CC(N)C(C)(CCO)CC1CC1. The van der Waals surface area contributed by atoms with Crippen LogP contribution >= 0.6 is 0 Å². The molecule has 72 valence electrons. The lowest BCUT2D eigenvalue weighted by molar-refractivity contribution is 0.154. The smallest absolute Gasteiger partial charge is 0.0436 e. The van der Waals surface area contributed by atoms with Crippen LogP contribution in [0.5, 0.6) is 0 Å². The lowest BCUT2D eigenvalue weighted by atomic mass is 9.76. The third-order valence-corrected chi connectivity index (χ3v) is 3.23. The van der Waals surface area contributed by atoms with E-state index in [0.29, 0.717) is 0 Å². The minimum atomic E-state index is 0.163. The third-order valence-electron chi connectivity index (χ3n) is 3.23. The second-order valence-electron chi connectivity index (χ2n) is 4.56. The van der Waals surface area contributed by atoms with Crippen LogP contribution in [0.2, 0.25) is 0 Å². The number of hydrogen-bond acceptors (Lipinski definition) is 2. The van der Waals surface area contributed by atoms with Gasteiger partial charge < -0.3 is 10.8 Å². The van der Waals surface area contributed by atoms with E-state index >= 15 is 0 Å². The standard InChI is InChI=1S/C10H21NO/c1-8(11)10(2,5-6-12)7-9-3-4-9/h8-9,12H,3-7,11H2,1-2H3. The van der Waals surface area contributed by atoms with Gasteiger partial charge in [-0.3, -0.25) is 0 Å². The number of nitrogens with two attached hydrogens (primary N) is 1. The van der Waals surface area contributed by atoms with Gasteiger partial charge in [0, 0.05) is 12.6 Å². The predicted molar refractivity (Wildman–Crippen MR) is 50.8 cm³/mol. The molecule has 0 aromatic carbocycles. The lowest BCUT2D eigenvalue weighted by Gasteiger charge is -2.33. The summed E-state index contributed by atoms with van der Waals surface area (Å²) >= 11 is 0.